The number of hydrogen-bond donors (Lipinski definition) is 1. The zero-order valence-electron chi connectivity index (χ0n) is 17.5. The van der Waals surface area contributed by atoms with Gasteiger partial charge in [-0.05, 0) is 44.7 Å². The molecule has 1 N–H and O–H groups in total. The number of rotatable bonds is 6. The zero-order chi connectivity index (χ0) is 21.2. The first-order valence-electron chi connectivity index (χ1n) is 10.4. The van der Waals surface area contributed by atoms with E-state index in [0.29, 0.717) is 12.1 Å². The van der Waals surface area contributed by atoms with Gasteiger partial charge in [-0.3, -0.25) is 14.5 Å². The number of aryl methyl sites for hydroxylation is 1. The van der Waals surface area contributed by atoms with E-state index in [1.165, 1.54) is 9.21 Å². The first-order valence-corrected chi connectivity index (χ1v) is 12.0. The fourth-order valence-electron chi connectivity index (χ4n) is 4.35. The number of nitrogens with zero attached hydrogens (tertiary/aromatic N) is 2. The predicted octanol–water partition coefficient (Wildman–Crippen LogP) is 2.20. The number of anilines is 1. The third-order valence-corrected chi connectivity index (χ3v) is 7.90. The minimum Gasteiger partial charge on any atom is -0.351 e. The highest BCUT2D eigenvalue weighted by Gasteiger charge is 2.51. The molecule has 1 aliphatic heterocycles. The van der Waals surface area contributed by atoms with Crippen LogP contribution in [0.5, 0.6) is 0 Å². The van der Waals surface area contributed by atoms with Gasteiger partial charge in [-0.25, -0.2) is 8.42 Å². The third kappa shape index (κ3) is 4.33. The summed E-state index contributed by atoms with van der Waals surface area (Å²) in [6.45, 7) is 5.05. The average molecular weight is 422 g/mol. The normalized spacial score (nSPS) is 24.1. The van der Waals surface area contributed by atoms with Gasteiger partial charge in [0.05, 0.1) is 12.3 Å². The van der Waals surface area contributed by atoms with Crippen LogP contribution in [0.3, 0.4) is 0 Å². The lowest BCUT2D eigenvalue weighted by atomic mass is 9.93. The molecule has 7 nitrogen and oxygen atoms in total. The van der Waals surface area contributed by atoms with Crippen LogP contribution in [0.1, 0.15) is 51.5 Å². The van der Waals surface area contributed by atoms with Crippen molar-refractivity contribution in [2.45, 2.75) is 64.5 Å². The molecule has 2 fully saturated rings. The summed E-state index contributed by atoms with van der Waals surface area (Å²) in [7, 11) is -3.61. The molecule has 0 aromatic heterocycles. The van der Waals surface area contributed by atoms with Crippen LogP contribution in [0.25, 0.3) is 0 Å². The number of carbonyl (C=O) groups is 2. The maximum Gasteiger partial charge on any atom is 0.247 e. The molecular formula is C21H31N3O4S. The Kier molecular flexibility index (Phi) is 6.33. The summed E-state index contributed by atoms with van der Waals surface area (Å²) in [5.74, 6) is -0.711. The largest absolute Gasteiger partial charge is 0.351 e. The lowest BCUT2D eigenvalue weighted by Crippen LogP contribution is -2.71. The summed E-state index contributed by atoms with van der Waals surface area (Å²) < 4.78 is 26.6. The van der Waals surface area contributed by atoms with E-state index in [1.54, 1.807) is 13.8 Å². The number of carbonyl (C=O) groups excluding carboxylic acids is 2. The monoisotopic (exact) mass is 421 g/mol. The van der Waals surface area contributed by atoms with Gasteiger partial charge in [-0.1, -0.05) is 38.0 Å². The van der Waals surface area contributed by atoms with E-state index in [2.05, 4.69) is 5.32 Å². The number of hydrogen-bond acceptors (Lipinski definition) is 4. The average Bonchev–Trinajstić information content (AvgIpc) is 3.15. The third-order valence-electron chi connectivity index (χ3n) is 5.93. The number of piperazine rings is 1. The Morgan fingerprint density at radius 2 is 1.90 bits per heavy atom. The number of amides is 2. The van der Waals surface area contributed by atoms with Crippen LogP contribution in [-0.2, 0) is 19.6 Å². The van der Waals surface area contributed by atoms with Crippen LogP contribution >= 0.6 is 0 Å². The number of nitrogens with one attached hydrogen (secondary N) is 1. The van der Waals surface area contributed by atoms with Gasteiger partial charge < -0.3 is 5.32 Å². The predicted molar refractivity (Wildman–Crippen MR) is 113 cm³/mol. The molecule has 1 saturated carbocycles. The molecule has 29 heavy (non-hydrogen) atoms. The molecule has 8 heteroatoms. The van der Waals surface area contributed by atoms with Gasteiger partial charge in [0.25, 0.3) is 0 Å². The molecule has 1 aromatic carbocycles. The molecule has 3 rings (SSSR count). The van der Waals surface area contributed by atoms with Crippen molar-refractivity contribution in [3.63, 3.8) is 0 Å². The summed E-state index contributed by atoms with van der Waals surface area (Å²) in [6.07, 6.45) is 4.42. The SMILES string of the molecule is CCCS(=O)(=O)N1CC(=O)N(c2ccccc2C)[C@@](C)(C(=O)NC2CCCC2)C1. The molecule has 1 atom stereocenters. The summed E-state index contributed by atoms with van der Waals surface area (Å²) in [4.78, 5) is 28.1. The molecule has 2 amide bonds. The Morgan fingerprint density at radius 3 is 2.52 bits per heavy atom. The number of sulfonamides is 1. The molecule has 0 unspecified atom stereocenters. The van der Waals surface area contributed by atoms with Gasteiger partial charge in [0, 0.05) is 18.3 Å². The molecular weight excluding hydrogens is 390 g/mol. The highest BCUT2D eigenvalue weighted by molar-refractivity contribution is 7.89. The molecule has 0 spiro atoms. The van der Waals surface area contributed by atoms with Crippen molar-refractivity contribution in [3.05, 3.63) is 29.8 Å². The van der Waals surface area contributed by atoms with Crippen LogP contribution in [0, 0.1) is 6.92 Å². The minimum absolute atomic E-state index is 0.0367. The first kappa shape index (κ1) is 21.8. The van der Waals surface area contributed by atoms with Crippen molar-refractivity contribution in [2.24, 2.45) is 0 Å². The van der Waals surface area contributed by atoms with Crippen LogP contribution < -0.4 is 10.2 Å². The highest BCUT2D eigenvalue weighted by Crippen LogP contribution is 2.33. The fourth-order valence-corrected chi connectivity index (χ4v) is 5.88. The Labute approximate surface area is 173 Å². The van der Waals surface area contributed by atoms with Crippen LogP contribution in [-0.4, -0.2) is 55.0 Å². The van der Waals surface area contributed by atoms with Crippen molar-refractivity contribution in [3.8, 4) is 0 Å². The van der Waals surface area contributed by atoms with E-state index in [4.69, 9.17) is 0 Å². The second kappa shape index (κ2) is 8.44. The van der Waals surface area contributed by atoms with Gasteiger partial charge in [0.2, 0.25) is 21.8 Å². The van der Waals surface area contributed by atoms with Gasteiger partial charge in [0.1, 0.15) is 5.54 Å². The van der Waals surface area contributed by atoms with Crippen LogP contribution in [0.2, 0.25) is 0 Å². The smallest absolute Gasteiger partial charge is 0.247 e. The van der Waals surface area contributed by atoms with Crippen molar-refractivity contribution >= 4 is 27.5 Å². The summed E-state index contributed by atoms with van der Waals surface area (Å²) in [6, 6.07) is 7.48. The Bertz CT molecular complexity index is 880. The lowest BCUT2D eigenvalue weighted by molar-refractivity contribution is -0.133. The summed E-state index contributed by atoms with van der Waals surface area (Å²) >= 11 is 0. The van der Waals surface area contributed by atoms with Crippen molar-refractivity contribution in [1.82, 2.24) is 9.62 Å². The van der Waals surface area contributed by atoms with E-state index in [1.807, 2.05) is 31.2 Å². The second-order valence-electron chi connectivity index (χ2n) is 8.33. The number of benzene rings is 1. The molecule has 160 valence electrons. The molecule has 1 aliphatic carbocycles. The fraction of sp³-hybridized carbons (Fsp3) is 0.619. The minimum atomic E-state index is -3.61. The quantitative estimate of drug-likeness (QED) is 0.763. The molecule has 1 aromatic rings. The van der Waals surface area contributed by atoms with Crippen molar-refractivity contribution in [2.75, 3.05) is 23.7 Å². The molecule has 2 aliphatic rings. The van der Waals surface area contributed by atoms with Crippen molar-refractivity contribution < 1.29 is 18.0 Å². The summed E-state index contributed by atoms with van der Waals surface area (Å²) in [5.41, 5.74) is 0.199. The highest BCUT2D eigenvalue weighted by atomic mass is 32.2. The van der Waals surface area contributed by atoms with Crippen molar-refractivity contribution in [1.29, 1.82) is 0 Å². The number of para-hydroxylation sites is 1. The van der Waals surface area contributed by atoms with E-state index >= 15 is 0 Å². The van der Waals surface area contributed by atoms with Gasteiger partial charge in [-0.15, -0.1) is 0 Å². The van der Waals surface area contributed by atoms with Gasteiger partial charge >= 0.3 is 0 Å². The maximum absolute atomic E-state index is 13.4. The maximum atomic E-state index is 13.4. The first-order chi connectivity index (χ1) is 13.7. The van der Waals surface area contributed by atoms with E-state index in [0.717, 1.165) is 31.2 Å². The van der Waals surface area contributed by atoms with Crippen LogP contribution in [0.15, 0.2) is 24.3 Å². The van der Waals surface area contributed by atoms with Crippen LogP contribution in [0.4, 0.5) is 5.69 Å². The zero-order valence-corrected chi connectivity index (χ0v) is 18.3. The summed E-state index contributed by atoms with van der Waals surface area (Å²) in [5, 5.41) is 3.08. The second-order valence-corrected chi connectivity index (χ2v) is 10.4. The standard InChI is InChI=1S/C21H31N3O4S/c1-4-13-29(27,28)23-14-19(25)24(18-12-8-5-9-16(18)2)21(3,15-23)20(26)22-17-10-6-7-11-17/h5,8-9,12,17H,4,6-7,10-11,13-15H2,1-3H3,(H,22,26)/t21-/m1/s1. The lowest BCUT2D eigenvalue weighted by Gasteiger charge is -2.47. The molecule has 0 radical (unpaired) electrons. The molecule has 0 bridgehead atoms. The van der Waals surface area contributed by atoms with E-state index in [-0.39, 0.29) is 36.7 Å². The van der Waals surface area contributed by atoms with E-state index < -0.39 is 15.6 Å². The topological polar surface area (TPSA) is 86.8 Å². The van der Waals surface area contributed by atoms with Gasteiger partial charge in [-0.2, -0.15) is 4.31 Å². The Morgan fingerprint density at radius 1 is 1.24 bits per heavy atom. The molecule has 1 saturated heterocycles. The van der Waals surface area contributed by atoms with Gasteiger partial charge in [0.15, 0.2) is 0 Å². The Balaban J connectivity index is 2.01. The molecule has 1 heterocycles. The van der Waals surface area contributed by atoms with E-state index in [9.17, 15) is 18.0 Å². The Hall–Kier alpha value is -1.93.